The van der Waals surface area contributed by atoms with Gasteiger partial charge in [-0.2, -0.15) is 0 Å². The van der Waals surface area contributed by atoms with Crippen LogP contribution >= 0.6 is 11.3 Å². The molecule has 1 aromatic rings. The Hall–Kier alpha value is -0.410. The van der Waals surface area contributed by atoms with Crippen LogP contribution in [0.15, 0.2) is 5.38 Å². The van der Waals surface area contributed by atoms with Crippen molar-refractivity contribution in [3.63, 3.8) is 0 Å². The number of nitrogens with one attached hydrogen (secondary N) is 1. The first-order valence-electron chi connectivity index (χ1n) is 6.32. The molecule has 90 valence electrons. The highest BCUT2D eigenvalue weighted by molar-refractivity contribution is 7.09. The molecule has 2 nitrogen and oxygen atoms in total. The van der Waals surface area contributed by atoms with Crippen LogP contribution in [0.2, 0.25) is 0 Å². The highest BCUT2D eigenvalue weighted by atomic mass is 32.1. The minimum atomic E-state index is 0.738. The van der Waals surface area contributed by atoms with E-state index in [1.807, 2.05) is 11.3 Å². The first-order valence-corrected chi connectivity index (χ1v) is 7.19. The number of hydrogen-bond donors (Lipinski definition) is 1. The normalized spacial score (nSPS) is 18.0. The van der Waals surface area contributed by atoms with Gasteiger partial charge in [0.05, 0.1) is 10.7 Å². The van der Waals surface area contributed by atoms with Gasteiger partial charge in [0.1, 0.15) is 0 Å². The summed E-state index contributed by atoms with van der Waals surface area (Å²) in [6.07, 6.45) is 2.70. The van der Waals surface area contributed by atoms with Gasteiger partial charge in [-0.1, -0.05) is 20.8 Å². The zero-order chi connectivity index (χ0) is 11.5. The van der Waals surface area contributed by atoms with Gasteiger partial charge in [0, 0.05) is 17.8 Å². The average Bonchev–Trinajstić information content (AvgIpc) is 2.99. The number of hydrogen-bond acceptors (Lipinski definition) is 3. The molecule has 0 amide bonds. The van der Waals surface area contributed by atoms with E-state index in [9.17, 15) is 0 Å². The molecule has 1 atom stereocenters. The molecule has 1 aliphatic carbocycles. The summed E-state index contributed by atoms with van der Waals surface area (Å²) in [5, 5.41) is 7.06. The van der Waals surface area contributed by atoms with Crippen LogP contribution in [0.25, 0.3) is 0 Å². The Morgan fingerprint density at radius 1 is 1.44 bits per heavy atom. The number of thiazole rings is 1. The van der Waals surface area contributed by atoms with Crippen LogP contribution in [0.4, 0.5) is 0 Å². The van der Waals surface area contributed by atoms with Gasteiger partial charge >= 0.3 is 0 Å². The minimum absolute atomic E-state index is 0.738. The Balaban J connectivity index is 1.72. The smallest absolute Gasteiger partial charge is 0.0959 e. The fourth-order valence-corrected chi connectivity index (χ4v) is 2.58. The van der Waals surface area contributed by atoms with Gasteiger partial charge in [0.15, 0.2) is 0 Å². The zero-order valence-corrected chi connectivity index (χ0v) is 11.3. The second-order valence-corrected chi connectivity index (χ2v) is 6.19. The summed E-state index contributed by atoms with van der Waals surface area (Å²) in [5.41, 5.74) is 1.22. The summed E-state index contributed by atoms with van der Waals surface area (Å²) in [4.78, 5) is 4.67. The van der Waals surface area contributed by atoms with Crippen LogP contribution in [0.5, 0.6) is 0 Å². The number of nitrogens with zero attached hydrogens (tertiary/aromatic N) is 1. The molecule has 1 unspecified atom stereocenters. The molecule has 1 N–H and O–H groups in total. The zero-order valence-electron chi connectivity index (χ0n) is 10.5. The Morgan fingerprint density at radius 2 is 2.19 bits per heavy atom. The molecule has 2 rings (SSSR count). The lowest BCUT2D eigenvalue weighted by atomic mass is 9.98. The van der Waals surface area contributed by atoms with Crippen molar-refractivity contribution >= 4 is 11.3 Å². The maximum absolute atomic E-state index is 4.67. The largest absolute Gasteiger partial charge is 0.311 e. The van der Waals surface area contributed by atoms with Crippen molar-refractivity contribution in [2.75, 3.05) is 6.54 Å². The van der Waals surface area contributed by atoms with E-state index < -0.39 is 0 Å². The van der Waals surface area contributed by atoms with Crippen LogP contribution in [0, 0.1) is 11.8 Å². The number of aromatic nitrogens is 1. The van der Waals surface area contributed by atoms with E-state index in [0.717, 1.165) is 30.8 Å². The second kappa shape index (κ2) is 5.28. The second-order valence-electron chi connectivity index (χ2n) is 5.30. The lowest BCUT2D eigenvalue weighted by Crippen LogP contribution is -2.23. The molecular weight excluding hydrogens is 216 g/mol. The molecule has 3 heteroatoms. The molecular formula is C13H22N2S. The Labute approximate surface area is 102 Å². The van der Waals surface area contributed by atoms with Crippen LogP contribution in [0.3, 0.4) is 0 Å². The highest BCUT2D eigenvalue weighted by Gasteiger charge is 2.26. The minimum Gasteiger partial charge on any atom is -0.311 e. The van der Waals surface area contributed by atoms with Gasteiger partial charge in [-0.15, -0.1) is 11.3 Å². The van der Waals surface area contributed by atoms with Crippen LogP contribution < -0.4 is 5.32 Å². The van der Waals surface area contributed by atoms with E-state index in [1.165, 1.54) is 23.5 Å². The Bertz CT molecular complexity index is 328. The van der Waals surface area contributed by atoms with Gasteiger partial charge in [0.2, 0.25) is 0 Å². The van der Waals surface area contributed by atoms with Gasteiger partial charge in [-0.25, -0.2) is 4.98 Å². The molecule has 0 saturated heterocycles. The lowest BCUT2D eigenvalue weighted by Gasteiger charge is -2.15. The van der Waals surface area contributed by atoms with Crippen molar-refractivity contribution in [1.82, 2.24) is 10.3 Å². The SMILES string of the molecule is CC(C)C(C)CNCc1csc(C2CC2)n1. The molecule has 0 aliphatic heterocycles. The summed E-state index contributed by atoms with van der Waals surface area (Å²) in [7, 11) is 0. The summed E-state index contributed by atoms with van der Waals surface area (Å²) in [5.74, 6) is 2.29. The standard InChI is InChI=1S/C13H22N2S/c1-9(2)10(3)6-14-7-12-8-16-13(15-12)11-4-5-11/h8-11,14H,4-7H2,1-3H3. The topological polar surface area (TPSA) is 24.9 Å². The van der Waals surface area contributed by atoms with Crippen LogP contribution in [-0.2, 0) is 6.54 Å². The van der Waals surface area contributed by atoms with Crippen molar-refractivity contribution in [3.8, 4) is 0 Å². The third-order valence-corrected chi connectivity index (χ3v) is 4.46. The third-order valence-electron chi connectivity index (χ3n) is 3.41. The van der Waals surface area contributed by atoms with Crippen molar-refractivity contribution in [3.05, 3.63) is 16.1 Å². The molecule has 0 radical (unpaired) electrons. The third kappa shape index (κ3) is 3.29. The van der Waals surface area contributed by atoms with Crippen molar-refractivity contribution in [2.45, 2.75) is 46.1 Å². The average molecular weight is 238 g/mol. The molecule has 1 aromatic heterocycles. The van der Waals surface area contributed by atoms with Crippen molar-refractivity contribution in [1.29, 1.82) is 0 Å². The van der Waals surface area contributed by atoms with E-state index in [4.69, 9.17) is 0 Å². The van der Waals surface area contributed by atoms with E-state index in [0.29, 0.717) is 0 Å². The molecule has 16 heavy (non-hydrogen) atoms. The molecule has 0 bridgehead atoms. The summed E-state index contributed by atoms with van der Waals surface area (Å²) >= 11 is 1.83. The van der Waals surface area contributed by atoms with E-state index in [-0.39, 0.29) is 0 Å². The first-order chi connectivity index (χ1) is 7.66. The molecule has 0 aromatic carbocycles. The summed E-state index contributed by atoms with van der Waals surface area (Å²) in [6, 6.07) is 0. The predicted octanol–water partition coefficient (Wildman–Crippen LogP) is 3.40. The van der Waals surface area contributed by atoms with E-state index in [1.54, 1.807) is 0 Å². The maximum atomic E-state index is 4.67. The van der Waals surface area contributed by atoms with Crippen LogP contribution in [0.1, 0.15) is 50.2 Å². The van der Waals surface area contributed by atoms with E-state index in [2.05, 4.69) is 36.5 Å². The van der Waals surface area contributed by atoms with Crippen molar-refractivity contribution < 1.29 is 0 Å². The Morgan fingerprint density at radius 3 is 2.81 bits per heavy atom. The number of rotatable bonds is 6. The maximum Gasteiger partial charge on any atom is 0.0959 e. The van der Waals surface area contributed by atoms with E-state index >= 15 is 0 Å². The molecule has 1 aliphatic rings. The molecule has 0 spiro atoms. The fourth-order valence-electron chi connectivity index (χ4n) is 1.59. The predicted molar refractivity (Wildman–Crippen MR) is 69.8 cm³/mol. The van der Waals surface area contributed by atoms with Gasteiger partial charge < -0.3 is 5.32 Å². The lowest BCUT2D eigenvalue weighted by molar-refractivity contribution is 0.392. The first kappa shape index (κ1) is 12.1. The Kier molecular flexibility index (Phi) is 3.98. The summed E-state index contributed by atoms with van der Waals surface area (Å²) < 4.78 is 0. The van der Waals surface area contributed by atoms with Gasteiger partial charge in [-0.05, 0) is 31.2 Å². The highest BCUT2D eigenvalue weighted by Crippen LogP contribution is 2.41. The monoisotopic (exact) mass is 238 g/mol. The molecule has 1 saturated carbocycles. The van der Waals surface area contributed by atoms with Gasteiger partial charge in [-0.3, -0.25) is 0 Å². The summed E-state index contributed by atoms with van der Waals surface area (Å²) in [6.45, 7) is 8.88. The van der Waals surface area contributed by atoms with Gasteiger partial charge in [0.25, 0.3) is 0 Å². The molecule has 1 fully saturated rings. The van der Waals surface area contributed by atoms with Crippen LogP contribution in [-0.4, -0.2) is 11.5 Å². The fraction of sp³-hybridized carbons (Fsp3) is 0.769. The molecule has 1 heterocycles. The quantitative estimate of drug-likeness (QED) is 0.821. The van der Waals surface area contributed by atoms with Crippen molar-refractivity contribution in [2.24, 2.45) is 11.8 Å².